The summed E-state index contributed by atoms with van der Waals surface area (Å²) >= 11 is 7.36. The second kappa shape index (κ2) is 5.30. The molecule has 0 fully saturated rings. The van der Waals surface area contributed by atoms with Crippen molar-refractivity contribution in [1.82, 2.24) is 0 Å². The lowest BCUT2D eigenvalue weighted by Gasteiger charge is -2.31. The fourth-order valence-corrected chi connectivity index (χ4v) is 2.63. The Kier molecular flexibility index (Phi) is 4.59. The van der Waals surface area contributed by atoms with Gasteiger partial charge in [-0.05, 0) is 18.1 Å². The Labute approximate surface area is 99.8 Å². The van der Waals surface area contributed by atoms with Crippen molar-refractivity contribution < 1.29 is 9.84 Å². The zero-order chi connectivity index (χ0) is 11.5. The van der Waals surface area contributed by atoms with Gasteiger partial charge in [0.15, 0.2) is 0 Å². The van der Waals surface area contributed by atoms with E-state index < -0.39 is 5.60 Å². The van der Waals surface area contributed by atoms with E-state index >= 15 is 0 Å². The third kappa shape index (κ3) is 3.45. The maximum absolute atomic E-state index is 10.4. The van der Waals surface area contributed by atoms with Crippen LogP contribution >= 0.6 is 22.9 Å². The standard InChI is InChI=1S/C11H17ClO2S/c1-8(2)11(13,7-14-3)6-9-4-5-10(12)15-9/h4-5,8,13H,6-7H2,1-3H3. The molecule has 0 spiro atoms. The molecule has 1 atom stereocenters. The van der Waals surface area contributed by atoms with Crippen LogP contribution in [-0.2, 0) is 11.2 Å². The average Bonchev–Trinajstić information content (AvgIpc) is 2.51. The molecule has 86 valence electrons. The molecule has 0 saturated carbocycles. The first-order valence-electron chi connectivity index (χ1n) is 4.93. The lowest BCUT2D eigenvalue weighted by molar-refractivity contribution is -0.0632. The van der Waals surface area contributed by atoms with Crippen molar-refractivity contribution in [2.24, 2.45) is 5.92 Å². The van der Waals surface area contributed by atoms with Crippen molar-refractivity contribution in [3.63, 3.8) is 0 Å². The third-order valence-electron chi connectivity index (χ3n) is 2.58. The van der Waals surface area contributed by atoms with Crippen LogP contribution in [0.15, 0.2) is 12.1 Å². The highest BCUT2D eigenvalue weighted by Crippen LogP contribution is 2.28. The smallest absolute Gasteiger partial charge is 0.0950 e. The summed E-state index contributed by atoms with van der Waals surface area (Å²) in [6, 6.07) is 3.81. The van der Waals surface area contributed by atoms with Crippen LogP contribution in [0.3, 0.4) is 0 Å². The first kappa shape index (κ1) is 13.0. The van der Waals surface area contributed by atoms with Gasteiger partial charge in [-0.3, -0.25) is 0 Å². The summed E-state index contributed by atoms with van der Waals surface area (Å²) in [7, 11) is 1.61. The van der Waals surface area contributed by atoms with Crippen LogP contribution in [0.5, 0.6) is 0 Å². The predicted octanol–water partition coefficient (Wildman–Crippen LogP) is 2.98. The van der Waals surface area contributed by atoms with Crippen LogP contribution in [0.25, 0.3) is 0 Å². The van der Waals surface area contributed by atoms with E-state index in [4.69, 9.17) is 16.3 Å². The summed E-state index contributed by atoms with van der Waals surface area (Å²) in [6.07, 6.45) is 0.593. The van der Waals surface area contributed by atoms with Crippen LogP contribution in [0.4, 0.5) is 0 Å². The summed E-state index contributed by atoms with van der Waals surface area (Å²) < 4.78 is 5.83. The number of thiophene rings is 1. The number of halogens is 1. The minimum atomic E-state index is -0.803. The highest BCUT2D eigenvalue weighted by atomic mass is 35.5. The molecule has 15 heavy (non-hydrogen) atoms. The molecule has 4 heteroatoms. The van der Waals surface area contributed by atoms with Crippen molar-refractivity contribution in [2.75, 3.05) is 13.7 Å². The molecular formula is C11H17ClO2S. The largest absolute Gasteiger partial charge is 0.387 e. The number of methoxy groups -OCH3 is 1. The first-order valence-corrected chi connectivity index (χ1v) is 6.13. The Morgan fingerprint density at radius 2 is 2.20 bits per heavy atom. The third-order valence-corrected chi connectivity index (χ3v) is 3.81. The van der Waals surface area contributed by atoms with Gasteiger partial charge in [0.25, 0.3) is 0 Å². The molecule has 1 heterocycles. The molecule has 0 bridgehead atoms. The maximum atomic E-state index is 10.4. The van der Waals surface area contributed by atoms with Crippen molar-refractivity contribution in [3.8, 4) is 0 Å². The van der Waals surface area contributed by atoms with Crippen LogP contribution in [0.1, 0.15) is 18.7 Å². The van der Waals surface area contributed by atoms with Gasteiger partial charge in [-0.1, -0.05) is 25.4 Å². The molecular weight excluding hydrogens is 232 g/mol. The zero-order valence-electron chi connectivity index (χ0n) is 9.29. The molecule has 1 N–H and O–H groups in total. The van der Waals surface area contributed by atoms with Crippen molar-refractivity contribution in [2.45, 2.75) is 25.9 Å². The minimum absolute atomic E-state index is 0.151. The number of rotatable bonds is 5. The molecule has 1 rings (SSSR count). The first-order chi connectivity index (χ1) is 6.98. The number of ether oxygens (including phenoxy) is 1. The van der Waals surface area contributed by atoms with E-state index in [1.54, 1.807) is 7.11 Å². The van der Waals surface area contributed by atoms with Gasteiger partial charge in [0.05, 0.1) is 16.5 Å². The fourth-order valence-electron chi connectivity index (χ4n) is 1.42. The van der Waals surface area contributed by atoms with E-state index in [1.165, 1.54) is 11.3 Å². The van der Waals surface area contributed by atoms with Crippen LogP contribution in [0, 0.1) is 5.92 Å². The minimum Gasteiger partial charge on any atom is -0.387 e. The van der Waals surface area contributed by atoms with Gasteiger partial charge < -0.3 is 9.84 Å². The summed E-state index contributed by atoms with van der Waals surface area (Å²) in [5, 5.41) is 10.4. The van der Waals surface area contributed by atoms with Gasteiger partial charge in [0.1, 0.15) is 0 Å². The van der Waals surface area contributed by atoms with Crippen molar-refractivity contribution >= 4 is 22.9 Å². The molecule has 0 aliphatic rings. The van der Waals surface area contributed by atoms with Crippen LogP contribution in [-0.4, -0.2) is 24.4 Å². The summed E-state index contributed by atoms with van der Waals surface area (Å²) in [5.41, 5.74) is -0.803. The molecule has 1 aromatic rings. The molecule has 0 radical (unpaired) electrons. The number of aliphatic hydroxyl groups is 1. The predicted molar refractivity (Wildman–Crippen MR) is 64.7 cm³/mol. The van der Waals surface area contributed by atoms with Crippen LogP contribution < -0.4 is 0 Å². The molecule has 0 aromatic carbocycles. The average molecular weight is 249 g/mol. The highest BCUT2D eigenvalue weighted by Gasteiger charge is 2.31. The summed E-state index contributed by atoms with van der Waals surface area (Å²) in [5.74, 6) is 0.151. The topological polar surface area (TPSA) is 29.5 Å². The zero-order valence-corrected chi connectivity index (χ0v) is 10.9. The number of hydrogen-bond donors (Lipinski definition) is 1. The molecule has 0 saturated heterocycles. The van der Waals surface area contributed by atoms with E-state index in [0.717, 1.165) is 9.21 Å². The second-order valence-corrected chi connectivity index (χ2v) is 5.87. The Balaban J connectivity index is 2.74. The van der Waals surface area contributed by atoms with Crippen molar-refractivity contribution in [1.29, 1.82) is 0 Å². The van der Waals surface area contributed by atoms with Gasteiger partial charge in [-0.2, -0.15) is 0 Å². The second-order valence-electron chi connectivity index (χ2n) is 4.07. The molecule has 0 aliphatic carbocycles. The Hall–Kier alpha value is -0.0900. The van der Waals surface area contributed by atoms with Gasteiger partial charge in [0, 0.05) is 18.4 Å². The monoisotopic (exact) mass is 248 g/mol. The van der Waals surface area contributed by atoms with E-state index in [1.807, 2.05) is 26.0 Å². The Morgan fingerprint density at radius 1 is 1.53 bits per heavy atom. The molecule has 2 nitrogen and oxygen atoms in total. The lowest BCUT2D eigenvalue weighted by atomic mass is 9.87. The molecule has 0 amide bonds. The van der Waals surface area contributed by atoms with Gasteiger partial charge in [-0.15, -0.1) is 11.3 Å². The highest BCUT2D eigenvalue weighted by molar-refractivity contribution is 7.16. The fraction of sp³-hybridized carbons (Fsp3) is 0.636. The Bertz CT molecular complexity index is 311. The molecule has 0 aliphatic heterocycles. The number of hydrogen-bond acceptors (Lipinski definition) is 3. The molecule has 1 unspecified atom stereocenters. The van der Waals surface area contributed by atoms with E-state index in [9.17, 15) is 5.11 Å². The van der Waals surface area contributed by atoms with Gasteiger partial charge >= 0.3 is 0 Å². The normalized spacial score (nSPS) is 15.6. The Morgan fingerprint density at radius 3 is 2.60 bits per heavy atom. The van der Waals surface area contributed by atoms with Crippen molar-refractivity contribution in [3.05, 3.63) is 21.3 Å². The SMILES string of the molecule is COCC(O)(Cc1ccc(Cl)s1)C(C)C. The van der Waals surface area contributed by atoms with Crippen LogP contribution in [0.2, 0.25) is 4.34 Å². The van der Waals surface area contributed by atoms with E-state index in [-0.39, 0.29) is 5.92 Å². The van der Waals surface area contributed by atoms with E-state index in [2.05, 4.69) is 0 Å². The lowest BCUT2D eigenvalue weighted by Crippen LogP contribution is -2.41. The van der Waals surface area contributed by atoms with E-state index in [0.29, 0.717) is 13.0 Å². The molecule has 1 aromatic heterocycles. The summed E-state index contributed by atoms with van der Waals surface area (Å²) in [4.78, 5) is 1.09. The quantitative estimate of drug-likeness (QED) is 0.868. The van der Waals surface area contributed by atoms with Gasteiger partial charge in [-0.25, -0.2) is 0 Å². The van der Waals surface area contributed by atoms with Gasteiger partial charge in [0.2, 0.25) is 0 Å². The maximum Gasteiger partial charge on any atom is 0.0950 e. The summed E-state index contributed by atoms with van der Waals surface area (Å²) in [6.45, 7) is 4.34.